The lowest BCUT2D eigenvalue weighted by molar-refractivity contribution is -0.384. The second kappa shape index (κ2) is 7.29. The molecule has 8 nitrogen and oxygen atoms in total. The minimum absolute atomic E-state index is 0.0559. The van der Waals surface area contributed by atoms with Crippen molar-refractivity contribution in [3.63, 3.8) is 0 Å². The molecule has 0 saturated carbocycles. The highest BCUT2D eigenvalue weighted by atomic mass is 16.6. The molecule has 1 aromatic rings. The monoisotopic (exact) mass is 283 g/mol. The number of rotatable bonds is 7. The molecule has 0 aliphatic heterocycles. The summed E-state index contributed by atoms with van der Waals surface area (Å²) in [5.41, 5.74) is 5.41. The second-order valence-corrected chi connectivity index (χ2v) is 3.89. The number of esters is 1. The van der Waals surface area contributed by atoms with Gasteiger partial charge in [-0.2, -0.15) is 0 Å². The minimum atomic E-state index is -0.667. The van der Waals surface area contributed by atoms with E-state index in [2.05, 4.69) is 10.1 Å². The Hall–Kier alpha value is -2.35. The van der Waals surface area contributed by atoms with Crippen LogP contribution in [0.3, 0.4) is 0 Å². The predicted molar refractivity (Wildman–Crippen MR) is 73.1 cm³/mol. The fourth-order valence-electron chi connectivity index (χ4n) is 1.63. The molecular weight excluding hydrogens is 266 g/mol. The van der Waals surface area contributed by atoms with E-state index in [0.717, 1.165) is 6.07 Å². The number of nitro benzene ring substituents is 1. The Morgan fingerprint density at radius 3 is 2.65 bits per heavy atom. The Kier molecular flexibility index (Phi) is 5.73. The number of carbonyl (C=O) groups excluding carboxylic acids is 1. The van der Waals surface area contributed by atoms with Crippen LogP contribution < -0.4 is 15.8 Å². The van der Waals surface area contributed by atoms with Crippen LogP contribution in [0.2, 0.25) is 0 Å². The van der Waals surface area contributed by atoms with E-state index < -0.39 is 10.9 Å². The van der Waals surface area contributed by atoms with Crippen LogP contribution in [0, 0.1) is 10.1 Å². The van der Waals surface area contributed by atoms with Gasteiger partial charge in [0.2, 0.25) is 0 Å². The lowest BCUT2D eigenvalue weighted by Crippen LogP contribution is -2.11. The van der Waals surface area contributed by atoms with Crippen LogP contribution in [0.4, 0.5) is 11.4 Å². The number of benzene rings is 1. The summed E-state index contributed by atoms with van der Waals surface area (Å²) in [5.74, 6) is -0.462. The van der Waals surface area contributed by atoms with E-state index in [-0.39, 0.29) is 22.7 Å². The first-order chi connectivity index (χ1) is 9.54. The van der Waals surface area contributed by atoms with Crippen LogP contribution in [0.25, 0.3) is 0 Å². The van der Waals surface area contributed by atoms with Crippen molar-refractivity contribution in [1.82, 2.24) is 0 Å². The van der Waals surface area contributed by atoms with Crippen LogP contribution in [0.5, 0.6) is 5.75 Å². The molecule has 1 rings (SSSR count). The van der Waals surface area contributed by atoms with Crippen molar-refractivity contribution >= 4 is 17.3 Å². The number of nitro groups is 1. The molecule has 0 fully saturated rings. The maximum Gasteiger partial charge on any atom is 0.338 e. The summed E-state index contributed by atoms with van der Waals surface area (Å²) >= 11 is 0. The molecule has 8 heteroatoms. The first-order valence-corrected chi connectivity index (χ1v) is 5.93. The quantitative estimate of drug-likeness (QED) is 0.333. The fourth-order valence-corrected chi connectivity index (χ4v) is 1.63. The van der Waals surface area contributed by atoms with E-state index in [1.807, 2.05) is 0 Å². The van der Waals surface area contributed by atoms with E-state index in [1.54, 1.807) is 0 Å². The van der Waals surface area contributed by atoms with E-state index in [4.69, 9.17) is 10.5 Å². The Bertz CT molecular complexity index is 504. The first kappa shape index (κ1) is 15.7. The zero-order chi connectivity index (χ0) is 15.1. The van der Waals surface area contributed by atoms with E-state index in [0.29, 0.717) is 19.5 Å². The maximum absolute atomic E-state index is 11.5. The van der Waals surface area contributed by atoms with Gasteiger partial charge in [0, 0.05) is 12.6 Å². The summed E-state index contributed by atoms with van der Waals surface area (Å²) in [7, 11) is 2.57. The zero-order valence-electron chi connectivity index (χ0n) is 11.3. The third-order valence-corrected chi connectivity index (χ3v) is 2.60. The van der Waals surface area contributed by atoms with Gasteiger partial charge in [0.1, 0.15) is 5.75 Å². The highest BCUT2D eigenvalue weighted by Gasteiger charge is 2.23. The first-order valence-electron chi connectivity index (χ1n) is 5.93. The van der Waals surface area contributed by atoms with Gasteiger partial charge in [-0.3, -0.25) is 10.1 Å². The van der Waals surface area contributed by atoms with E-state index in [1.165, 1.54) is 20.3 Å². The van der Waals surface area contributed by atoms with Gasteiger partial charge in [0.05, 0.1) is 24.7 Å². The van der Waals surface area contributed by atoms with Crippen LogP contribution in [-0.2, 0) is 4.74 Å². The van der Waals surface area contributed by atoms with Crippen LogP contribution >= 0.6 is 0 Å². The average molecular weight is 283 g/mol. The van der Waals surface area contributed by atoms with Crippen molar-refractivity contribution in [1.29, 1.82) is 0 Å². The zero-order valence-corrected chi connectivity index (χ0v) is 11.3. The number of ether oxygens (including phenoxy) is 2. The van der Waals surface area contributed by atoms with Gasteiger partial charge in [0.15, 0.2) is 5.69 Å². The van der Waals surface area contributed by atoms with Crippen molar-refractivity contribution in [3.8, 4) is 5.75 Å². The molecular formula is C12H17N3O5. The normalized spacial score (nSPS) is 9.95. The van der Waals surface area contributed by atoms with Crippen molar-refractivity contribution in [2.45, 2.75) is 6.42 Å². The second-order valence-electron chi connectivity index (χ2n) is 3.89. The third kappa shape index (κ3) is 3.58. The molecule has 1 aromatic carbocycles. The molecule has 3 N–H and O–H groups in total. The summed E-state index contributed by atoms with van der Waals surface area (Å²) < 4.78 is 9.65. The van der Waals surface area contributed by atoms with Crippen LogP contribution in [0.15, 0.2) is 12.1 Å². The van der Waals surface area contributed by atoms with Gasteiger partial charge in [-0.05, 0) is 19.0 Å². The van der Waals surface area contributed by atoms with Gasteiger partial charge in [-0.1, -0.05) is 0 Å². The van der Waals surface area contributed by atoms with Crippen LogP contribution in [0.1, 0.15) is 16.8 Å². The summed E-state index contributed by atoms with van der Waals surface area (Å²) in [5, 5.41) is 14.0. The molecule has 0 bridgehead atoms. The summed E-state index contributed by atoms with van der Waals surface area (Å²) in [6, 6.07) is 2.54. The topological polar surface area (TPSA) is 117 Å². The number of anilines is 1. The van der Waals surface area contributed by atoms with Crippen molar-refractivity contribution in [3.05, 3.63) is 27.8 Å². The third-order valence-electron chi connectivity index (χ3n) is 2.60. The maximum atomic E-state index is 11.5. The Morgan fingerprint density at radius 1 is 1.45 bits per heavy atom. The molecule has 0 aliphatic rings. The molecule has 0 amide bonds. The van der Waals surface area contributed by atoms with E-state index >= 15 is 0 Å². The molecule has 0 aromatic heterocycles. The number of nitrogens with zero attached hydrogens (tertiary/aromatic N) is 1. The van der Waals surface area contributed by atoms with Gasteiger partial charge in [-0.15, -0.1) is 0 Å². The molecule has 110 valence electrons. The van der Waals surface area contributed by atoms with Crippen molar-refractivity contribution < 1.29 is 19.2 Å². The average Bonchev–Trinajstić information content (AvgIpc) is 2.46. The number of methoxy groups -OCH3 is 2. The molecule has 0 aliphatic carbocycles. The molecule has 20 heavy (non-hydrogen) atoms. The number of hydrogen-bond donors (Lipinski definition) is 2. The Balaban J connectivity index is 3.25. The summed E-state index contributed by atoms with van der Waals surface area (Å²) in [6.07, 6.45) is 0.652. The molecule has 0 saturated heterocycles. The predicted octanol–water partition coefficient (Wildman–Crippen LogP) is 1.15. The molecule has 0 unspecified atom stereocenters. The smallest absolute Gasteiger partial charge is 0.338 e. The number of carbonyl (C=O) groups is 1. The Morgan fingerprint density at radius 2 is 2.15 bits per heavy atom. The van der Waals surface area contributed by atoms with Crippen molar-refractivity contribution in [2.75, 3.05) is 32.6 Å². The number of hydrogen-bond acceptors (Lipinski definition) is 7. The van der Waals surface area contributed by atoms with Gasteiger partial charge in [0.25, 0.3) is 5.69 Å². The Labute approximate surface area is 116 Å². The van der Waals surface area contributed by atoms with E-state index in [9.17, 15) is 14.9 Å². The van der Waals surface area contributed by atoms with Gasteiger partial charge < -0.3 is 20.5 Å². The number of nitrogens with one attached hydrogen (secondary N) is 1. The minimum Gasteiger partial charge on any atom is -0.494 e. The largest absolute Gasteiger partial charge is 0.494 e. The van der Waals surface area contributed by atoms with Crippen molar-refractivity contribution in [2.24, 2.45) is 5.73 Å². The molecule has 0 heterocycles. The molecule has 0 spiro atoms. The highest BCUT2D eigenvalue weighted by Crippen LogP contribution is 2.36. The summed E-state index contributed by atoms with van der Waals surface area (Å²) in [6.45, 7) is 0.925. The standard InChI is InChI=1S/C12H17N3O5/c1-19-10-7-8(12(16)20-2)6-9(15(17)18)11(10)14-5-3-4-13/h6-7,14H,3-5,13H2,1-2H3. The fraction of sp³-hybridized carbons (Fsp3) is 0.417. The molecule has 0 atom stereocenters. The van der Waals surface area contributed by atoms with Gasteiger partial charge in [-0.25, -0.2) is 4.79 Å². The summed E-state index contributed by atoms with van der Waals surface area (Å²) in [4.78, 5) is 22.0. The highest BCUT2D eigenvalue weighted by molar-refractivity contribution is 5.92. The number of nitrogens with two attached hydrogens (primary N) is 1. The van der Waals surface area contributed by atoms with Gasteiger partial charge >= 0.3 is 5.97 Å². The SMILES string of the molecule is COC(=O)c1cc(OC)c(NCCCN)c([N+](=O)[O-])c1. The lowest BCUT2D eigenvalue weighted by atomic mass is 10.1. The lowest BCUT2D eigenvalue weighted by Gasteiger charge is -2.12. The van der Waals surface area contributed by atoms with Crippen LogP contribution in [-0.4, -0.2) is 38.2 Å². The molecule has 0 radical (unpaired) electrons.